The molecule has 2 N–H and O–H groups in total. The number of carbonyl (C=O) groups excluding carboxylic acids is 1. The zero-order valence-electron chi connectivity index (χ0n) is 20.4. The van der Waals surface area contributed by atoms with Gasteiger partial charge in [0.1, 0.15) is 11.0 Å². The van der Waals surface area contributed by atoms with Crippen LogP contribution < -0.4 is 10.0 Å². The highest BCUT2D eigenvalue weighted by molar-refractivity contribution is 7.89. The molecule has 3 rings (SSSR count). The van der Waals surface area contributed by atoms with Crippen molar-refractivity contribution in [1.29, 1.82) is 0 Å². The highest BCUT2D eigenvalue weighted by atomic mass is 32.2. The predicted octanol–water partition coefficient (Wildman–Crippen LogP) is 5.14. The van der Waals surface area contributed by atoms with Crippen molar-refractivity contribution in [3.05, 3.63) is 59.7 Å². The number of sulfonamides is 1. The molecule has 0 aliphatic carbocycles. The van der Waals surface area contributed by atoms with Gasteiger partial charge in [0.2, 0.25) is 21.1 Å². The minimum atomic E-state index is -3.90. The molecule has 7 nitrogen and oxygen atoms in total. The first-order chi connectivity index (χ1) is 15.9. The number of carbonyl (C=O) groups is 1. The Bertz CT molecular complexity index is 1230. The minimum absolute atomic E-state index is 0.0892. The Hall–Kier alpha value is -2.62. The first kappa shape index (κ1) is 26.0. The Balaban J connectivity index is 1.78. The second-order valence-corrected chi connectivity index (χ2v) is 12.2. The summed E-state index contributed by atoms with van der Waals surface area (Å²) >= 11 is 1.24. The highest BCUT2D eigenvalue weighted by Gasteiger charge is 2.30. The predicted molar refractivity (Wildman–Crippen MR) is 137 cm³/mol. The van der Waals surface area contributed by atoms with E-state index in [4.69, 9.17) is 0 Å². The van der Waals surface area contributed by atoms with Crippen LogP contribution >= 0.6 is 11.3 Å². The highest BCUT2D eigenvalue weighted by Crippen LogP contribution is 2.27. The molecule has 0 saturated heterocycles. The van der Waals surface area contributed by atoms with Crippen molar-refractivity contribution in [2.24, 2.45) is 5.92 Å². The lowest BCUT2D eigenvalue weighted by Crippen LogP contribution is -2.47. The van der Waals surface area contributed by atoms with Gasteiger partial charge in [-0.1, -0.05) is 94.3 Å². The van der Waals surface area contributed by atoms with E-state index in [9.17, 15) is 13.2 Å². The normalized spacial score (nSPS) is 13.9. The van der Waals surface area contributed by atoms with E-state index < -0.39 is 22.0 Å². The van der Waals surface area contributed by atoms with Crippen LogP contribution in [0.4, 0.5) is 5.13 Å². The number of nitrogens with zero attached hydrogens (tertiary/aromatic N) is 2. The van der Waals surface area contributed by atoms with Crippen molar-refractivity contribution >= 4 is 32.4 Å². The quantitative estimate of drug-likeness (QED) is 0.446. The first-order valence-corrected chi connectivity index (χ1v) is 13.5. The monoisotopic (exact) mass is 500 g/mol. The maximum Gasteiger partial charge on any atom is 0.244 e. The minimum Gasteiger partial charge on any atom is -0.299 e. The van der Waals surface area contributed by atoms with Gasteiger partial charge >= 0.3 is 0 Å². The largest absolute Gasteiger partial charge is 0.299 e. The summed E-state index contributed by atoms with van der Waals surface area (Å²) in [6.45, 7) is 12.0. The Morgan fingerprint density at radius 1 is 1.03 bits per heavy atom. The van der Waals surface area contributed by atoms with Gasteiger partial charge in [-0.25, -0.2) is 8.42 Å². The lowest BCUT2D eigenvalue weighted by Gasteiger charge is -2.23. The van der Waals surface area contributed by atoms with Gasteiger partial charge in [0.15, 0.2) is 0 Å². The standard InChI is InChI=1S/C25H32N4O3S2/c1-7-17(3)21(29-34(31,32)20-14-12-19(13-15-20)25(4,5)6)22(30)26-24-28-27-23(33-24)18-10-8-16(2)9-11-18/h8-15,17,21,29H,7H2,1-6H3,(H,26,28,30)/t17-,21-/m0/s1. The summed E-state index contributed by atoms with van der Waals surface area (Å²) in [5, 5.41) is 12.0. The van der Waals surface area contributed by atoms with Crippen molar-refractivity contribution in [1.82, 2.24) is 14.9 Å². The lowest BCUT2D eigenvalue weighted by atomic mass is 9.87. The summed E-state index contributed by atoms with van der Waals surface area (Å²) in [5.74, 6) is -0.691. The van der Waals surface area contributed by atoms with E-state index in [1.165, 1.54) is 11.3 Å². The third-order valence-electron chi connectivity index (χ3n) is 5.76. The van der Waals surface area contributed by atoms with Gasteiger partial charge in [0.05, 0.1) is 4.90 Å². The van der Waals surface area contributed by atoms with Crippen molar-refractivity contribution in [2.75, 3.05) is 5.32 Å². The molecular formula is C25H32N4O3S2. The van der Waals surface area contributed by atoms with E-state index in [1.807, 2.05) is 45.0 Å². The molecule has 1 amide bonds. The molecule has 9 heteroatoms. The summed E-state index contributed by atoms with van der Waals surface area (Å²) < 4.78 is 28.8. The van der Waals surface area contributed by atoms with E-state index in [1.54, 1.807) is 24.3 Å². The molecule has 182 valence electrons. The summed E-state index contributed by atoms with van der Waals surface area (Å²) in [5.41, 5.74) is 2.98. The number of nitrogens with one attached hydrogen (secondary N) is 2. The number of hydrogen-bond donors (Lipinski definition) is 2. The second-order valence-electron chi connectivity index (χ2n) is 9.53. The number of aromatic nitrogens is 2. The van der Waals surface area contributed by atoms with E-state index in [0.717, 1.165) is 16.7 Å². The third-order valence-corrected chi connectivity index (χ3v) is 8.11. The van der Waals surface area contributed by atoms with Crippen LogP contribution in [0.2, 0.25) is 0 Å². The molecule has 0 saturated carbocycles. The molecular weight excluding hydrogens is 468 g/mol. The molecule has 0 fully saturated rings. The topological polar surface area (TPSA) is 101 Å². The van der Waals surface area contributed by atoms with E-state index in [2.05, 4.69) is 41.0 Å². The molecule has 2 aromatic carbocycles. The molecule has 1 aromatic heterocycles. The number of aryl methyl sites for hydroxylation is 1. The number of anilines is 1. The molecule has 0 radical (unpaired) electrons. The van der Waals surface area contributed by atoms with E-state index in [0.29, 0.717) is 16.6 Å². The fourth-order valence-corrected chi connectivity index (χ4v) is 5.36. The SMILES string of the molecule is CC[C@H](C)[C@H](NS(=O)(=O)c1ccc(C(C)(C)C)cc1)C(=O)Nc1nnc(-c2ccc(C)cc2)s1. The van der Waals surface area contributed by atoms with Gasteiger partial charge in [0.25, 0.3) is 0 Å². The zero-order valence-corrected chi connectivity index (χ0v) is 22.0. The van der Waals surface area contributed by atoms with Gasteiger partial charge < -0.3 is 0 Å². The van der Waals surface area contributed by atoms with Crippen LogP contribution in [0.25, 0.3) is 10.6 Å². The van der Waals surface area contributed by atoms with Gasteiger partial charge in [-0.15, -0.1) is 10.2 Å². The molecule has 0 aliphatic rings. The van der Waals surface area contributed by atoms with Crippen molar-refractivity contribution in [3.63, 3.8) is 0 Å². The Morgan fingerprint density at radius 3 is 2.21 bits per heavy atom. The molecule has 0 unspecified atom stereocenters. The van der Waals surface area contributed by atoms with Gasteiger partial charge in [0, 0.05) is 5.56 Å². The van der Waals surface area contributed by atoms with Crippen molar-refractivity contribution in [3.8, 4) is 10.6 Å². The summed E-state index contributed by atoms with van der Waals surface area (Å²) in [6.07, 6.45) is 0.619. The van der Waals surface area contributed by atoms with Crippen LogP contribution in [0, 0.1) is 12.8 Å². The van der Waals surface area contributed by atoms with Crippen LogP contribution in [-0.2, 0) is 20.2 Å². The van der Waals surface area contributed by atoms with Crippen molar-refractivity contribution in [2.45, 2.75) is 64.3 Å². The van der Waals surface area contributed by atoms with Gasteiger partial charge in [-0.2, -0.15) is 4.72 Å². The van der Waals surface area contributed by atoms with Crippen LogP contribution in [0.1, 0.15) is 52.2 Å². The molecule has 34 heavy (non-hydrogen) atoms. The number of rotatable bonds is 8. The molecule has 0 spiro atoms. The maximum atomic E-state index is 13.1. The number of benzene rings is 2. The van der Waals surface area contributed by atoms with Crippen LogP contribution in [-0.4, -0.2) is 30.6 Å². The number of amides is 1. The maximum absolute atomic E-state index is 13.1. The van der Waals surface area contributed by atoms with Gasteiger partial charge in [-0.05, 0) is 36.0 Å². The Kier molecular flexibility index (Phi) is 7.90. The average Bonchev–Trinajstić information content (AvgIpc) is 3.25. The molecule has 1 heterocycles. The smallest absolute Gasteiger partial charge is 0.244 e. The van der Waals surface area contributed by atoms with Crippen molar-refractivity contribution < 1.29 is 13.2 Å². The summed E-state index contributed by atoms with van der Waals surface area (Å²) in [6, 6.07) is 13.7. The molecule has 3 aromatic rings. The zero-order chi connectivity index (χ0) is 25.1. The van der Waals surface area contributed by atoms with Gasteiger partial charge in [-0.3, -0.25) is 10.1 Å². The molecule has 2 atom stereocenters. The van der Waals surface area contributed by atoms with Crippen LogP contribution in [0.5, 0.6) is 0 Å². The Labute approximate surface area is 206 Å². The van der Waals surface area contributed by atoms with Crippen LogP contribution in [0.3, 0.4) is 0 Å². The van der Waals surface area contributed by atoms with Crippen LogP contribution in [0.15, 0.2) is 53.4 Å². The summed E-state index contributed by atoms with van der Waals surface area (Å²) in [7, 11) is -3.90. The van der Waals surface area contributed by atoms with E-state index >= 15 is 0 Å². The lowest BCUT2D eigenvalue weighted by molar-refractivity contribution is -0.118. The fraction of sp³-hybridized carbons (Fsp3) is 0.400. The first-order valence-electron chi connectivity index (χ1n) is 11.2. The molecule has 0 bridgehead atoms. The second kappa shape index (κ2) is 10.3. The molecule has 0 aliphatic heterocycles. The number of hydrogen-bond acceptors (Lipinski definition) is 6. The van der Waals surface area contributed by atoms with E-state index in [-0.39, 0.29) is 16.2 Å². The third kappa shape index (κ3) is 6.28. The summed E-state index contributed by atoms with van der Waals surface area (Å²) in [4.78, 5) is 13.2. The Morgan fingerprint density at radius 2 is 1.65 bits per heavy atom. The fourth-order valence-electron chi connectivity index (χ4n) is 3.30. The average molecular weight is 501 g/mol.